The van der Waals surface area contributed by atoms with Crippen molar-refractivity contribution in [1.29, 1.82) is 0 Å². The SMILES string of the molecule is CNCC1CCCC2=C1SCC1=C2CCCC1. The van der Waals surface area contributed by atoms with Crippen LogP contribution in [0.25, 0.3) is 0 Å². The lowest BCUT2D eigenvalue weighted by Crippen LogP contribution is -2.25. The predicted octanol–water partition coefficient (Wildman–Crippen LogP) is 3.88. The van der Waals surface area contributed by atoms with Crippen molar-refractivity contribution in [3.8, 4) is 0 Å². The Morgan fingerprint density at radius 3 is 2.82 bits per heavy atom. The van der Waals surface area contributed by atoms with Gasteiger partial charge in [0.25, 0.3) is 0 Å². The van der Waals surface area contributed by atoms with E-state index in [0.29, 0.717) is 0 Å². The molecule has 17 heavy (non-hydrogen) atoms. The summed E-state index contributed by atoms with van der Waals surface area (Å²) < 4.78 is 0. The minimum absolute atomic E-state index is 0.810. The van der Waals surface area contributed by atoms with Gasteiger partial charge in [0.15, 0.2) is 0 Å². The molecule has 0 radical (unpaired) electrons. The summed E-state index contributed by atoms with van der Waals surface area (Å²) in [6, 6.07) is 0. The molecule has 1 atom stereocenters. The standard InChI is InChI=1S/C15H23NS/c1-16-9-11-6-4-8-14-13-7-3-2-5-12(13)10-17-15(11)14/h11,16H,2-10H2,1H3. The van der Waals surface area contributed by atoms with Crippen LogP contribution < -0.4 is 5.32 Å². The van der Waals surface area contributed by atoms with Crippen molar-refractivity contribution in [1.82, 2.24) is 5.32 Å². The number of hydrogen-bond acceptors (Lipinski definition) is 2. The first kappa shape index (κ1) is 11.9. The van der Waals surface area contributed by atoms with Crippen molar-refractivity contribution in [3.63, 3.8) is 0 Å². The smallest absolute Gasteiger partial charge is 0.0193 e. The average Bonchev–Trinajstić information content (AvgIpc) is 2.39. The van der Waals surface area contributed by atoms with Gasteiger partial charge in [0.2, 0.25) is 0 Å². The van der Waals surface area contributed by atoms with Gasteiger partial charge in [-0.25, -0.2) is 0 Å². The van der Waals surface area contributed by atoms with Crippen LogP contribution in [0.1, 0.15) is 44.9 Å². The summed E-state index contributed by atoms with van der Waals surface area (Å²) in [5, 5.41) is 3.38. The molecule has 1 unspecified atom stereocenters. The van der Waals surface area contributed by atoms with Crippen molar-refractivity contribution >= 4 is 11.8 Å². The minimum Gasteiger partial charge on any atom is -0.319 e. The van der Waals surface area contributed by atoms with Crippen LogP contribution in [-0.2, 0) is 0 Å². The lowest BCUT2D eigenvalue weighted by molar-refractivity contribution is 0.494. The molecule has 0 spiro atoms. The molecule has 94 valence electrons. The molecular formula is C15H23NS. The zero-order chi connectivity index (χ0) is 11.7. The molecule has 1 aliphatic heterocycles. The topological polar surface area (TPSA) is 12.0 Å². The van der Waals surface area contributed by atoms with Crippen LogP contribution in [0.5, 0.6) is 0 Å². The normalized spacial score (nSPS) is 29.1. The summed E-state index contributed by atoms with van der Waals surface area (Å²) in [6.07, 6.45) is 9.79. The van der Waals surface area contributed by atoms with Crippen molar-refractivity contribution in [3.05, 3.63) is 21.6 Å². The van der Waals surface area contributed by atoms with Crippen LogP contribution in [0, 0.1) is 5.92 Å². The summed E-state index contributed by atoms with van der Waals surface area (Å²) in [7, 11) is 2.09. The Morgan fingerprint density at radius 1 is 1.12 bits per heavy atom. The fourth-order valence-electron chi connectivity index (χ4n) is 3.63. The largest absolute Gasteiger partial charge is 0.319 e. The number of hydrogen-bond donors (Lipinski definition) is 1. The monoisotopic (exact) mass is 249 g/mol. The summed E-state index contributed by atoms with van der Waals surface area (Å²) >= 11 is 2.16. The molecule has 1 heterocycles. The van der Waals surface area contributed by atoms with Gasteiger partial charge < -0.3 is 5.32 Å². The van der Waals surface area contributed by atoms with Crippen molar-refractivity contribution in [2.24, 2.45) is 5.92 Å². The number of nitrogens with one attached hydrogen (secondary N) is 1. The first-order valence-electron chi connectivity index (χ1n) is 7.12. The zero-order valence-corrected chi connectivity index (χ0v) is 11.7. The van der Waals surface area contributed by atoms with Gasteiger partial charge in [-0.15, -0.1) is 11.8 Å². The van der Waals surface area contributed by atoms with E-state index in [-0.39, 0.29) is 0 Å². The van der Waals surface area contributed by atoms with Gasteiger partial charge >= 0.3 is 0 Å². The summed E-state index contributed by atoms with van der Waals surface area (Å²) in [4.78, 5) is 1.76. The Hall–Kier alpha value is -0.210. The third-order valence-corrected chi connectivity index (χ3v) is 5.83. The molecule has 1 N–H and O–H groups in total. The van der Waals surface area contributed by atoms with Crippen molar-refractivity contribution in [2.45, 2.75) is 44.9 Å². The summed E-state index contributed by atoms with van der Waals surface area (Å²) in [5.74, 6) is 2.11. The Labute approximate surface area is 109 Å². The Kier molecular flexibility index (Phi) is 3.62. The quantitative estimate of drug-likeness (QED) is 0.797. The average molecular weight is 249 g/mol. The second-order valence-electron chi connectivity index (χ2n) is 5.57. The van der Waals surface area contributed by atoms with Crippen LogP contribution in [0.15, 0.2) is 21.6 Å². The number of thioether (sulfide) groups is 1. The molecule has 0 aromatic carbocycles. The van der Waals surface area contributed by atoms with E-state index in [1.807, 2.05) is 0 Å². The Balaban J connectivity index is 1.92. The highest BCUT2D eigenvalue weighted by molar-refractivity contribution is 8.03. The molecule has 2 heteroatoms. The lowest BCUT2D eigenvalue weighted by Gasteiger charge is -2.36. The molecule has 0 aromatic heterocycles. The third kappa shape index (κ3) is 2.22. The van der Waals surface area contributed by atoms with E-state index >= 15 is 0 Å². The summed E-state index contributed by atoms with van der Waals surface area (Å²) in [5.41, 5.74) is 5.37. The fourth-order valence-corrected chi connectivity index (χ4v) is 5.11. The van der Waals surface area contributed by atoms with E-state index in [0.717, 1.165) is 5.92 Å². The molecule has 3 aliphatic rings. The van der Waals surface area contributed by atoms with Crippen molar-refractivity contribution < 1.29 is 0 Å². The first-order valence-corrected chi connectivity index (χ1v) is 8.10. The van der Waals surface area contributed by atoms with Gasteiger partial charge in [0, 0.05) is 18.2 Å². The zero-order valence-electron chi connectivity index (χ0n) is 10.8. The number of fused-ring (bicyclic) bond motifs is 1. The van der Waals surface area contributed by atoms with E-state index in [1.165, 1.54) is 57.2 Å². The molecule has 0 bridgehead atoms. The maximum absolute atomic E-state index is 3.38. The van der Waals surface area contributed by atoms with Crippen LogP contribution >= 0.6 is 11.8 Å². The van der Waals surface area contributed by atoms with E-state index in [4.69, 9.17) is 0 Å². The van der Waals surface area contributed by atoms with E-state index in [1.54, 1.807) is 21.6 Å². The van der Waals surface area contributed by atoms with Crippen LogP contribution in [0.4, 0.5) is 0 Å². The van der Waals surface area contributed by atoms with Gasteiger partial charge in [-0.05, 0) is 68.0 Å². The second kappa shape index (κ2) is 5.19. The van der Waals surface area contributed by atoms with Crippen molar-refractivity contribution in [2.75, 3.05) is 19.3 Å². The first-order chi connectivity index (χ1) is 8.40. The van der Waals surface area contributed by atoms with Gasteiger partial charge in [0.05, 0.1) is 0 Å². The molecule has 0 fully saturated rings. The van der Waals surface area contributed by atoms with E-state index < -0.39 is 0 Å². The van der Waals surface area contributed by atoms with Gasteiger partial charge in [-0.3, -0.25) is 0 Å². The van der Waals surface area contributed by atoms with Crippen LogP contribution in [0.3, 0.4) is 0 Å². The number of allylic oxidation sites excluding steroid dienone is 2. The fraction of sp³-hybridized carbons (Fsp3) is 0.733. The minimum atomic E-state index is 0.810. The molecule has 3 rings (SSSR count). The maximum Gasteiger partial charge on any atom is 0.0193 e. The Morgan fingerprint density at radius 2 is 1.94 bits per heavy atom. The highest BCUT2D eigenvalue weighted by Gasteiger charge is 2.30. The molecule has 2 aliphatic carbocycles. The summed E-state index contributed by atoms with van der Waals surface area (Å²) in [6.45, 7) is 1.18. The van der Waals surface area contributed by atoms with E-state index in [2.05, 4.69) is 24.1 Å². The maximum atomic E-state index is 3.38. The molecule has 0 saturated heterocycles. The molecule has 0 saturated carbocycles. The van der Waals surface area contributed by atoms with Gasteiger partial charge in [0.1, 0.15) is 0 Å². The number of rotatable bonds is 2. The molecule has 0 amide bonds. The second-order valence-corrected chi connectivity index (χ2v) is 6.58. The lowest BCUT2D eigenvalue weighted by atomic mass is 9.80. The van der Waals surface area contributed by atoms with Crippen LogP contribution in [0.2, 0.25) is 0 Å². The highest BCUT2D eigenvalue weighted by Crippen LogP contribution is 2.48. The highest BCUT2D eigenvalue weighted by atomic mass is 32.2. The van der Waals surface area contributed by atoms with Gasteiger partial charge in [-0.1, -0.05) is 5.57 Å². The molecular weight excluding hydrogens is 226 g/mol. The predicted molar refractivity (Wildman–Crippen MR) is 76.2 cm³/mol. The molecule has 0 aromatic rings. The molecule has 1 nitrogen and oxygen atoms in total. The Bertz CT molecular complexity index is 367. The third-order valence-electron chi connectivity index (χ3n) is 4.45. The van der Waals surface area contributed by atoms with Gasteiger partial charge in [-0.2, -0.15) is 0 Å². The van der Waals surface area contributed by atoms with E-state index in [9.17, 15) is 0 Å². The van der Waals surface area contributed by atoms with Crippen LogP contribution in [-0.4, -0.2) is 19.3 Å².